The van der Waals surface area contributed by atoms with E-state index in [2.05, 4.69) is 28.4 Å². The van der Waals surface area contributed by atoms with E-state index in [0.29, 0.717) is 0 Å². The summed E-state index contributed by atoms with van der Waals surface area (Å²) >= 11 is 0. The van der Waals surface area contributed by atoms with Crippen LogP contribution in [0.2, 0.25) is 0 Å². The Morgan fingerprint density at radius 1 is 1.36 bits per heavy atom. The molecule has 0 aliphatic heterocycles. The molecule has 0 spiro atoms. The SMILES string of the molecule is CCCn1ncnc1C(C)NC(=O)c1ccc2c(c1)CCC2. The van der Waals surface area contributed by atoms with Crippen LogP contribution in [0.1, 0.15) is 60.0 Å². The molecule has 1 atom stereocenters. The van der Waals surface area contributed by atoms with Crippen LogP contribution in [0.15, 0.2) is 24.5 Å². The van der Waals surface area contributed by atoms with E-state index in [0.717, 1.165) is 37.2 Å². The van der Waals surface area contributed by atoms with Gasteiger partial charge in [-0.3, -0.25) is 4.79 Å². The lowest BCUT2D eigenvalue weighted by molar-refractivity contribution is 0.0937. The van der Waals surface area contributed by atoms with Crippen LogP contribution < -0.4 is 5.32 Å². The summed E-state index contributed by atoms with van der Waals surface area (Å²) in [5, 5.41) is 7.23. The Bertz CT molecular complexity index is 677. The number of carbonyl (C=O) groups excluding carboxylic acids is 1. The molecule has 0 saturated heterocycles. The van der Waals surface area contributed by atoms with Gasteiger partial charge in [-0.1, -0.05) is 13.0 Å². The highest BCUT2D eigenvalue weighted by atomic mass is 16.1. The van der Waals surface area contributed by atoms with Crippen LogP contribution in [0.25, 0.3) is 0 Å². The molecule has 3 rings (SSSR count). The summed E-state index contributed by atoms with van der Waals surface area (Å²) in [6.07, 6.45) is 5.94. The zero-order valence-corrected chi connectivity index (χ0v) is 13.2. The highest BCUT2D eigenvalue weighted by Gasteiger charge is 2.18. The molecule has 0 saturated carbocycles. The normalized spacial score (nSPS) is 14.6. The number of fused-ring (bicyclic) bond motifs is 1. The second-order valence-corrected chi connectivity index (χ2v) is 5.87. The van der Waals surface area contributed by atoms with Crippen molar-refractivity contribution in [2.24, 2.45) is 0 Å². The molecular formula is C17H22N4O. The molecule has 1 aliphatic carbocycles. The first-order valence-corrected chi connectivity index (χ1v) is 7.99. The van der Waals surface area contributed by atoms with Crippen molar-refractivity contribution < 1.29 is 4.79 Å². The van der Waals surface area contributed by atoms with Crippen molar-refractivity contribution in [3.05, 3.63) is 47.0 Å². The van der Waals surface area contributed by atoms with E-state index in [1.807, 2.05) is 23.7 Å². The van der Waals surface area contributed by atoms with Gasteiger partial charge in [0.25, 0.3) is 5.91 Å². The summed E-state index contributed by atoms with van der Waals surface area (Å²) in [5.41, 5.74) is 3.43. The van der Waals surface area contributed by atoms with Gasteiger partial charge in [0, 0.05) is 12.1 Å². The standard InChI is InChI=1S/C17H22N4O/c1-3-9-21-16(18-11-19-21)12(2)20-17(22)15-8-7-13-5-4-6-14(13)10-15/h7-8,10-12H,3-6,9H2,1-2H3,(H,20,22). The molecule has 1 amide bonds. The first-order valence-electron chi connectivity index (χ1n) is 7.99. The highest BCUT2D eigenvalue weighted by Crippen LogP contribution is 2.23. The van der Waals surface area contributed by atoms with Crippen molar-refractivity contribution in [1.29, 1.82) is 0 Å². The van der Waals surface area contributed by atoms with Gasteiger partial charge in [-0.05, 0) is 55.9 Å². The second kappa shape index (κ2) is 6.30. The van der Waals surface area contributed by atoms with Gasteiger partial charge in [-0.15, -0.1) is 0 Å². The Morgan fingerprint density at radius 3 is 3.00 bits per heavy atom. The number of carbonyl (C=O) groups is 1. The summed E-state index contributed by atoms with van der Waals surface area (Å²) in [6, 6.07) is 5.88. The van der Waals surface area contributed by atoms with Gasteiger partial charge >= 0.3 is 0 Å². The third kappa shape index (κ3) is 2.89. The Balaban J connectivity index is 1.72. The van der Waals surface area contributed by atoms with E-state index in [1.165, 1.54) is 17.5 Å². The molecule has 2 aromatic rings. The lowest BCUT2D eigenvalue weighted by Gasteiger charge is -2.15. The molecule has 1 aromatic carbocycles. The molecular weight excluding hydrogens is 276 g/mol. The van der Waals surface area contributed by atoms with E-state index in [-0.39, 0.29) is 11.9 Å². The summed E-state index contributed by atoms with van der Waals surface area (Å²) in [5.74, 6) is 0.754. The summed E-state index contributed by atoms with van der Waals surface area (Å²) in [7, 11) is 0. The van der Waals surface area contributed by atoms with Crippen LogP contribution >= 0.6 is 0 Å². The van der Waals surface area contributed by atoms with Crippen LogP contribution in [-0.4, -0.2) is 20.7 Å². The van der Waals surface area contributed by atoms with Gasteiger partial charge in [-0.2, -0.15) is 5.10 Å². The quantitative estimate of drug-likeness (QED) is 0.923. The fourth-order valence-electron chi connectivity index (χ4n) is 3.05. The van der Waals surface area contributed by atoms with Gasteiger partial charge in [-0.25, -0.2) is 9.67 Å². The predicted octanol–water partition coefficient (Wildman–Crippen LogP) is 2.67. The maximum atomic E-state index is 12.5. The maximum Gasteiger partial charge on any atom is 0.251 e. The van der Waals surface area contributed by atoms with Gasteiger partial charge in [0.2, 0.25) is 0 Å². The minimum absolute atomic E-state index is 0.0479. The van der Waals surface area contributed by atoms with Crippen molar-refractivity contribution in [3.8, 4) is 0 Å². The average Bonchev–Trinajstić information content (AvgIpc) is 3.15. The molecule has 22 heavy (non-hydrogen) atoms. The van der Waals surface area contributed by atoms with Gasteiger partial charge < -0.3 is 5.32 Å². The number of nitrogens with one attached hydrogen (secondary N) is 1. The van der Waals surface area contributed by atoms with Crippen LogP contribution in [0.4, 0.5) is 0 Å². The van der Waals surface area contributed by atoms with E-state index < -0.39 is 0 Å². The molecule has 1 aromatic heterocycles. The number of hydrogen-bond acceptors (Lipinski definition) is 3. The zero-order chi connectivity index (χ0) is 15.5. The molecule has 1 unspecified atom stereocenters. The van der Waals surface area contributed by atoms with Gasteiger partial charge in [0.15, 0.2) is 0 Å². The monoisotopic (exact) mass is 298 g/mol. The number of nitrogens with zero attached hydrogens (tertiary/aromatic N) is 3. The predicted molar refractivity (Wildman–Crippen MR) is 84.7 cm³/mol. The van der Waals surface area contributed by atoms with E-state index >= 15 is 0 Å². The van der Waals surface area contributed by atoms with E-state index in [9.17, 15) is 4.79 Å². The third-order valence-corrected chi connectivity index (χ3v) is 4.18. The van der Waals surface area contributed by atoms with Crippen LogP contribution in [0.5, 0.6) is 0 Å². The number of rotatable bonds is 5. The first kappa shape index (κ1) is 14.8. The molecule has 0 fully saturated rings. The summed E-state index contributed by atoms with van der Waals surface area (Å²) in [4.78, 5) is 16.7. The summed E-state index contributed by atoms with van der Waals surface area (Å²) < 4.78 is 1.85. The number of aromatic nitrogens is 3. The fraction of sp³-hybridized carbons (Fsp3) is 0.471. The lowest BCUT2D eigenvalue weighted by atomic mass is 10.1. The van der Waals surface area contributed by atoms with Crippen LogP contribution in [0.3, 0.4) is 0 Å². The van der Waals surface area contributed by atoms with Gasteiger partial charge in [0.1, 0.15) is 12.2 Å². The average molecular weight is 298 g/mol. The van der Waals surface area contributed by atoms with Crippen molar-refractivity contribution in [2.75, 3.05) is 0 Å². The first-order chi connectivity index (χ1) is 10.7. The second-order valence-electron chi connectivity index (χ2n) is 5.87. The fourth-order valence-corrected chi connectivity index (χ4v) is 3.05. The Labute approximate surface area is 130 Å². The van der Waals surface area contributed by atoms with Crippen molar-refractivity contribution in [1.82, 2.24) is 20.1 Å². The summed E-state index contributed by atoms with van der Waals surface area (Å²) in [6.45, 7) is 4.86. The molecule has 5 nitrogen and oxygen atoms in total. The van der Waals surface area contributed by atoms with Crippen molar-refractivity contribution in [3.63, 3.8) is 0 Å². The third-order valence-electron chi connectivity index (χ3n) is 4.18. The van der Waals surface area contributed by atoms with Crippen molar-refractivity contribution >= 4 is 5.91 Å². The molecule has 1 heterocycles. The Morgan fingerprint density at radius 2 is 2.18 bits per heavy atom. The minimum atomic E-state index is -0.158. The number of amides is 1. The molecule has 1 N–H and O–H groups in total. The van der Waals surface area contributed by atoms with Gasteiger partial charge in [0.05, 0.1) is 6.04 Å². The topological polar surface area (TPSA) is 59.8 Å². The van der Waals surface area contributed by atoms with E-state index in [4.69, 9.17) is 0 Å². The largest absolute Gasteiger partial charge is 0.342 e. The Hall–Kier alpha value is -2.17. The molecule has 0 bridgehead atoms. The molecule has 5 heteroatoms. The number of hydrogen-bond donors (Lipinski definition) is 1. The van der Waals surface area contributed by atoms with E-state index in [1.54, 1.807) is 6.33 Å². The smallest absolute Gasteiger partial charge is 0.251 e. The molecule has 0 radical (unpaired) electrons. The molecule has 116 valence electrons. The number of aryl methyl sites for hydroxylation is 3. The van der Waals surface area contributed by atoms with Crippen LogP contribution in [0, 0.1) is 0 Å². The number of benzene rings is 1. The maximum absolute atomic E-state index is 12.5. The van der Waals surface area contributed by atoms with Crippen molar-refractivity contribution in [2.45, 2.75) is 52.1 Å². The highest BCUT2D eigenvalue weighted by molar-refractivity contribution is 5.94. The minimum Gasteiger partial charge on any atom is -0.342 e. The lowest BCUT2D eigenvalue weighted by Crippen LogP contribution is -2.29. The van der Waals surface area contributed by atoms with Crippen LogP contribution in [-0.2, 0) is 19.4 Å². The molecule has 1 aliphatic rings. The Kier molecular flexibility index (Phi) is 4.22. The zero-order valence-electron chi connectivity index (χ0n) is 13.2.